The number of nitrogens with zero attached hydrogens (tertiary/aromatic N) is 2. The predicted octanol–water partition coefficient (Wildman–Crippen LogP) is 3.79. The topological polar surface area (TPSA) is 50.1 Å². The minimum absolute atomic E-state index is 0.0596. The molecule has 1 aliphatic carbocycles. The van der Waals surface area contributed by atoms with Gasteiger partial charge < -0.3 is 0 Å². The molecule has 0 bridgehead atoms. The van der Waals surface area contributed by atoms with Gasteiger partial charge in [-0.3, -0.25) is 14.6 Å². The summed E-state index contributed by atoms with van der Waals surface area (Å²) in [5.74, 6) is 1.33. The van der Waals surface area contributed by atoms with E-state index in [1.807, 2.05) is 11.6 Å². The number of nitrogens with one attached hydrogen (secondary N) is 1. The molecule has 1 N–H and O–H groups in total. The van der Waals surface area contributed by atoms with Gasteiger partial charge in [-0.15, -0.1) is 11.8 Å². The van der Waals surface area contributed by atoms with E-state index in [0.29, 0.717) is 12.0 Å². The zero-order valence-electron chi connectivity index (χ0n) is 11.8. The van der Waals surface area contributed by atoms with Crippen LogP contribution < -0.4 is 5.56 Å². The molecule has 0 spiro atoms. The number of H-pyrrole nitrogens is 1. The maximum absolute atomic E-state index is 12.3. The van der Waals surface area contributed by atoms with Crippen LogP contribution in [0, 0.1) is 5.92 Å². The van der Waals surface area contributed by atoms with Gasteiger partial charge in [-0.1, -0.05) is 26.7 Å². The van der Waals surface area contributed by atoms with Crippen molar-refractivity contribution >= 4 is 22.6 Å². The maximum Gasteiger partial charge on any atom is 0.270 e. The third kappa shape index (κ3) is 2.18. The van der Waals surface area contributed by atoms with Gasteiger partial charge in [0.2, 0.25) is 0 Å². The van der Waals surface area contributed by atoms with Crippen LogP contribution in [0.15, 0.2) is 9.79 Å². The first-order valence-corrected chi connectivity index (χ1v) is 8.02. The summed E-state index contributed by atoms with van der Waals surface area (Å²) < 4.78 is 2.04. The van der Waals surface area contributed by atoms with Crippen molar-refractivity contribution < 1.29 is 0 Å². The number of aromatic amines is 1. The molecule has 19 heavy (non-hydrogen) atoms. The summed E-state index contributed by atoms with van der Waals surface area (Å²) >= 11 is 1.72. The Labute approximate surface area is 117 Å². The van der Waals surface area contributed by atoms with E-state index in [-0.39, 0.29) is 10.8 Å². The lowest BCUT2D eigenvalue weighted by molar-refractivity contribution is 0.468. The highest BCUT2D eigenvalue weighted by Gasteiger charge is 2.32. The second kappa shape index (κ2) is 4.85. The molecule has 1 unspecified atom stereocenters. The van der Waals surface area contributed by atoms with E-state index in [2.05, 4.69) is 23.9 Å². The van der Waals surface area contributed by atoms with E-state index in [1.54, 1.807) is 11.8 Å². The van der Waals surface area contributed by atoms with Gasteiger partial charge in [0.05, 0.1) is 16.6 Å². The fourth-order valence-electron chi connectivity index (χ4n) is 3.14. The van der Waals surface area contributed by atoms with E-state index < -0.39 is 0 Å². The second-order valence-electron chi connectivity index (χ2n) is 5.90. The monoisotopic (exact) mass is 279 g/mol. The molecule has 3 rings (SSSR count). The van der Waals surface area contributed by atoms with Crippen molar-refractivity contribution in [2.45, 2.75) is 57.7 Å². The molecule has 1 aromatic rings. The van der Waals surface area contributed by atoms with Crippen LogP contribution in [0.25, 0.3) is 0 Å². The Morgan fingerprint density at radius 2 is 2.05 bits per heavy atom. The first-order valence-electron chi connectivity index (χ1n) is 7.14. The molecular weight excluding hydrogens is 258 g/mol. The molecule has 1 aliphatic heterocycles. The normalized spacial score (nSPS) is 23.8. The second-order valence-corrected chi connectivity index (χ2v) is 7.23. The molecule has 5 heteroatoms. The number of hydrogen-bond acceptors (Lipinski definition) is 3. The standard InChI is InChI=1S/C14H21N3OS/c1-8(2)12-11-13(15-9(3)19-12)17(16-14(11)18)10-6-4-5-7-10/h8,10,12H,4-7H2,1-3H3,(H,16,18). The fourth-order valence-corrected chi connectivity index (χ4v) is 4.25. The van der Waals surface area contributed by atoms with Crippen molar-refractivity contribution in [2.24, 2.45) is 10.9 Å². The van der Waals surface area contributed by atoms with Crippen molar-refractivity contribution in [2.75, 3.05) is 0 Å². The Bertz CT molecular complexity index is 564. The van der Waals surface area contributed by atoms with E-state index in [4.69, 9.17) is 0 Å². The van der Waals surface area contributed by atoms with Crippen LogP contribution in [0.2, 0.25) is 0 Å². The predicted molar refractivity (Wildman–Crippen MR) is 80.5 cm³/mol. The molecule has 104 valence electrons. The Morgan fingerprint density at radius 1 is 1.37 bits per heavy atom. The van der Waals surface area contributed by atoms with Crippen molar-refractivity contribution in [3.05, 3.63) is 15.9 Å². The smallest absolute Gasteiger partial charge is 0.268 e. The van der Waals surface area contributed by atoms with Crippen LogP contribution in [0.4, 0.5) is 5.82 Å². The van der Waals surface area contributed by atoms with Crippen molar-refractivity contribution in [1.29, 1.82) is 0 Å². The Kier molecular flexibility index (Phi) is 3.33. The number of aliphatic imine (C=N–C) groups is 1. The van der Waals surface area contributed by atoms with Gasteiger partial charge in [0.15, 0.2) is 5.82 Å². The number of rotatable bonds is 2. The van der Waals surface area contributed by atoms with Crippen molar-refractivity contribution in [1.82, 2.24) is 9.78 Å². The molecule has 0 radical (unpaired) electrons. The van der Waals surface area contributed by atoms with Gasteiger partial charge in [0.1, 0.15) is 0 Å². The largest absolute Gasteiger partial charge is 0.270 e. The van der Waals surface area contributed by atoms with Crippen LogP contribution in [0.1, 0.15) is 63.3 Å². The summed E-state index contributed by atoms with van der Waals surface area (Å²) in [6.45, 7) is 6.39. The molecule has 1 saturated carbocycles. The lowest BCUT2D eigenvalue weighted by Crippen LogP contribution is -2.16. The highest BCUT2D eigenvalue weighted by molar-refractivity contribution is 8.14. The lowest BCUT2D eigenvalue weighted by atomic mass is 10.0. The molecular formula is C14H21N3OS. The summed E-state index contributed by atoms with van der Waals surface area (Å²) in [4.78, 5) is 17.0. The minimum atomic E-state index is 0.0596. The highest BCUT2D eigenvalue weighted by atomic mass is 32.2. The minimum Gasteiger partial charge on any atom is -0.268 e. The summed E-state index contributed by atoms with van der Waals surface area (Å²) in [6.07, 6.45) is 4.83. The number of fused-ring (bicyclic) bond motifs is 1. The number of aromatic nitrogens is 2. The lowest BCUT2D eigenvalue weighted by Gasteiger charge is -2.24. The van der Waals surface area contributed by atoms with Crippen LogP contribution in [0.5, 0.6) is 0 Å². The summed E-state index contributed by atoms with van der Waals surface area (Å²) in [7, 11) is 0. The Morgan fingerprint density at radius 3 is 2.68 bits per heavy atom. The number of hydrogen-bond donors (Lipinski definition) is 1. The maximum atomic E-state index is 12.3. The molecule has 0 saturated heterocycles. The van der Waals surface area contributed by atoms with Gasteiger partial charge in [0.25, 0.3) is 5.56 Å². The third-order valence-corrected chi connectivity index (χ3v) is 5.54. The average molecular weight is 279 g/mol. The molecule has 0 amide bonds. The zero-order chi connectivity index (χ0) is 13.6. The SMILES string of the molecule is CC1=Nc2c(c(=O)[nH]n2C2CCCC2)C(C(C)C)S1. The summed E-state index contributed by atoms with van der Waals surface area (Å²) in [5, 5.41) is 4.34. The first kappa shape index (κ1) is 13.0. The van der Waals surface area contributed by atoms with E-state index in [9.17, 15) is 4.79 Å². The van der Waals surface area contributed by atoms with E-state index in [0.717, 1.165) is 29.3 Å². The Hall–Kier alpha value is -0.970. The number of thioether (sulfide) groups is 1. The molecule has 1 fully saturated rings. The molecule has 4 nitrogen and oxygen atoms in total. The Balaban J connectivity index is 2.12. The highest BCUT2D eigenvalue weighted by Crippen LogP contribution is 2.45. The molecule has 2 heterocycles. The molecule has 1 aromatic heterocycles. The van der Waals surface area contributed by atoms with Gasteiger partial charge >= 0.3 is 0 Å². The van der Waals surface area contributed by atoms with E-state index >= 15 is 0 Å². The van der Waals surface area contributed by atoms with Gasteiger partial charge in [-0.25, -0.2) is 4.99 Å². The van der Waals surface area contributed by atoms with Gasteiger partial charge in [0, 0.05) is 5.25 Å². The van der Waals surface area contributed by atoms with Crippen LogP contribution in [-0.4, -0.2) is 14.8 Å². The zero-order valence-corrected chi connectivity index (χ0v) is 12.6. The van der Waals surface area contributed by atoms with Crippen LogP contribution in [0.3, 0.4) is 0 Å². The first-order chi connectivity index (χ1) is 9.08. The van der Waals surface area contributed by atoms with E-state index in [1.165, 1.54) is 12.8 Å². The van der Waals surface area contributed by atoms with Crippen molar-refractivity contribution in [3.8, 4) is 0 Å². The summed E-state index contributed by atoms with van der Waals surface area (Å²) in [5.41, 5.74) is 0.946. The van der Waals surface area contributed by atoms with Gasteiger partial charge in [-0.05, 0) is 25.7 Å². The third-order valence-electron chi connectivity index (χ3n) is 4.08. The quantitative estimate of drug-likeness (QED) is 0.895. The summed E-state index contributed by atoms with van der Waals surface area (Å²) in [6, 6.07) is 0.434. The van der Waals surface area contributed by atoms with Gasteiger partial charge in [-0.2, -0.15) is 0 Å². The van der Waals surface area contributed by atoms with Crippen molar-refractivity contribution in [3.63, 3.8) is 0 Å². The molecule has 2 aliphatic rings. The fraction of sp³-hybridized carbons (Fsp3) is 0.714. The average Bonchev–Trinajstić information content (AvgIpc) is 2.96. The molecule has 1 atom stereocenters. The van der Waals surface area contributed by atoms with Crippen LogP contribution in [-0.2, 0) is 0 Å². The van der Waals surface area contributed by atoms with Crippen LogP contribution >= 0.6 is 11.8 Å². The molecule has 0 aromatic carbocycles.